The Hall–Kier alpha value is -3.13. The van der Waals surface area contributed by atoms with Crippen molar-refractivity contribution in [3.05, 3.63) is 54.1 Å². The fraction of sp³-hybridized carbons (Fsp3) is 0.0625. The molecule has 5 nitrogen and oxygen atoms in total. The van der Waals surface area contributed by atoms with Gasteiger partial charge >= 0.3 is 0 Å². The Morgan fingerprint density at radius 1 is 1.00 bits per heavy atom. The molecule has 0 aliphatic carbocycles. The lowest BCUT2D eigenvalue weighted by Crippen LogP contribution is -2.02. The quantitative estimate of drug-likeness (QED) is 0.767. The molecule has 3 rings (SSSR count). The van der Waals surface area contributed by atoms with E-state index in [4.69, 9.17) is 0 Å². The largest absolute Gasteiger partial charge is 0.357 e. The van der Waals surface area contributed by atoms with Crippen molar-refractivity contribution >= 4 is 28.4 Å². The van der Waals surface area contributed by atoms with E-state index in [1.165, 1.54) is 0 Å². The van der Waals surface area contributed by atoms with E-state index in [1.807, 2.05) is 42.5 Å². The molecular formula is C16H13N5. The number of nitrogens with one attached hydrogen (secondary N) is 2. The van der Waals surface area contributed by atoms with Gasteiger partial charge in [0.25, 0.3) is 0 Å². The van der Waals surface area contributed by atoms with E-state index in [2.05, 4.69) is 26.7 Å². The van der Waals surface area contributed by atoms with Crippen molar-refractivity contribution in [1.82, 2.24) is 9.97 Å². The van der Waals surface area contributed by atoms with Crippen LogP contribution < -0.4 is 10.6 Å². The highest BCUT2D eigenvalue weighted by molar-refractivity contribution is 5.92. The topological polar surface area (TPSA) is 73.6 Å². The normalized spacial score (nSPS) is 10.1. The van der Waals surface area contributed by atoms with Crippen molar-refractivity contribution in [2.75, 3.05) is 17.7 Å². The molecule has 0 amide bonds. The number of benzene rings is 2. The van der Waals surface area contributed by atoms with Gasteiger partial charge < -0.3 is 10.6 Å². The summed E-state index contributed by atoms with van der Waals surface area (Å²) in [6.45, 7) is 0. The number of rotatable bonds is 3. The van der Waals surface area contributed by atoms with Gasteiger partial charge in [0.1, 0.15) is 11.9 Å². The zero-order chi connectivity index (χ0) is 14.7. The Labute approximate surface area is 122 Å². The number of nitrogens with zero attached hydrogens (tertiary/aromatic N) is 3. The lowest BCUT2D eigenvalue weighted by atomic mass is 10.2. The van der Waals surface area contributed by atoms with E-state index >= 15 is 0 Å². The lowest BCUT2D eigenvalue weighted by Gasteiger charge is -2.11. The van der Waals surface area contributed by atoms with Crippen LogP contribution in [0.15, 0.2) is 48.5 Å². The summed E-state index contributed by atoms with van der Waals surface area (Å²) in [5.74, 6) is 1.21. The van der Waals surface area contributed by atoms with Gasteiger partial charge in [-0.3, -0.25) is 0 Å². The van der Waals surface area contributed by atoms with Gasteiger partial charge in [0.15, 0.2) is 0 Å². The molecule has 5 heteroatoms. The molecule has 0 radical (unpaired) electrons. The molecule has 0 saturated carbocycles. The molecule has 0 spiro atoms. The van der Waals surface area contributed by atoms with Gasteiger partial charge in [-0.05, 0) is 24.3 Å². The van der Waals surface area contributed by atoms with E-state index in [0.29, 0.717) is 17.3 Å². The van der Waals surface area contributed by atoms with E-state index in [1.54, 1.807) is 13.1 Å². The van der Waals surface area contributed by atoms with E-state index < -0.39 is 0 Å². The second-order valence-electron chi connectivity index (χ2n) is 4.45. The maximum absolute atomic E-state index is 9.18. The van der Waals surface area contributed by atoms with E-state index in [0.717, 1.165) is 16.6 Å². The number of para-hydroxylation sites is 2. The standard InChI is InChI=1S/C16H13N5/c1-18-16-20-14-9-5-3-7-12(14)15(21-16)19-13-8-4-2-6-11(13)10-17/h2-9H,1H3,(H2,18,19,20,21). The van der Waals surface area contributed by atoms with Crippen LogP contribution in [0.3, 0.4) is 0 Å². The molecule has 3 aromatic rings. The summed E-state index contributed by atoms with van der Waals surface area (Å²) < 4.78 is 0. The smallest absolute Gasteiger partial charge is 0.224 e. The Morgan fingerprint density at radius 2 is 1.76 bits per heavy atom. The summed E-state index contributed by atoms with van der Waals surface area (Å²) in [5.41, 5.74) is 2.14. The van der Waals surface area contributed by atoms with Gasteiger partial charge in [0.2, 0.25) is 5.95 Å². The minimum absolute atomic E-state index is 0.533. The molecular weight excluding hydrogens is 262 g/mol. The predicted molar refractivity (Wildman–Crippen MR) is 83.5 cm³/mol. The van der Waals surface area contributed by atoms with Crippen LogP contribution in [0.2, 0.25) is 0 Å². The Kier molecular flexibility index (Phi) is 3.36. The van der Waals surface area contributed by atoms with Gasteiger partial charge in [0, 0.05) is 12.4 Å². The monoisotopic (exact) mass is 275 g/mol. The lowest BCUT2D eigenvalue weighted by molar-refractivity contribution is 1.19. The number of aromatic nitrogens is 2. The minimum atomic E-state index is 0.533. The molecule has 0 atom stereocenters. The van der Waals surface area contributed by atoms with Crippen LogP contribution in [0, 0.1) is 11.3 Å². The molecule has 0 aliphatic rings. The van der Waals surface area contributed by atoms with Crippen molar-refractivity contribution in [3.8, 4) is 6.07 Å². The first-order valence-corrected chi connectivity index (χ1v) is 6.52. The van der Waals surface area contributed by atoms with Gasteiger partial charge in [-0.1, -0.05) is 24.3 Å². The van der Waals surface area contributed by atoms with Crippen LogP contribution >= 0.6 is 0 Å². The SMILES string of the molecule is CNc1nc(Nc2ccccc2C#N)c2ccccc2n1. The first-order chi connectivity index (χ1) is 10.3. The molecule has 0 unspecified atom stereocenters. The Morgan fingerprint density at radius 3 is 2.57 bits per heavy atom. The molecule has 1 heterocycles. The number of nitriles is 1. The van der Waals surface area contributed by atoms with Crippen LogP contribution in [0.4, 0.5) is 17.5 Å². The zero-order valence-corrected chi connectivity index (χ0v) is 11.5. The maximum Gasteiger partial charge on any atom is 0.224 e. The molecule has 102 valence electrons. The third-order valence-electron chi connectivity index (χ3n) is 3.13. The Bertz CT molecular complexity index is 835. The van der Waals surface area contributed by atoms with Crippen molar-refractivity contribution in [2.45, 2.75) is 0 Å². The van der Waals surface area contributed by atoms with Crippen LogP contribution in [0.25, 0.3) is 10.9 Å². The molecule has 2 N–H and O–H groups in total. The summed E-state index contributed by atoms with van der Waals surface area (Å²) in [7, 11) is 1.77. The van der Waals surface area contributed by atoms with Crippen LogP contribution in [0.5, 0.6) is 0 Å². The fourth-order valence-electron chi connectivity index (χ4n) is 2.10. The third-order valence-corrected chi connectivity index (χ3v) is 3.13. The van der Waals surface area contributed by atoms with Crippen molar-refractivity contribution < 1.29 is 0 Å². The molecule has 21 heavy (non-hydrogen) atoms. The molecule has 0 aliphatic heterocycles. The number of anilines is 3. The maximum atomic E-state index is 9.18. The molecule has 0 fully saturated rings. The van der Waals surface area contributed by atoms with Gasteiger partial charge in [-0.15, -0.1) is 0 Å². The second kappa shape index (κ2) is 5.47. The third kappa shape index (κ3) is 2.47. The van der Waals surface area contributed by atoms with Crippen LogP contribution in [-0.4, -0.2) is 17.0 Å². The van der Waals surface area contributed by atoms with Crippen LogP contribution in [-0.2, 0) is 0 Å². The van der Waals surface area contributed by atoms with Gasteiger partial charge in [0.05, 0.1) is 16.8 Å². The predicted octanol–water partition coefficient (Wildman–Crippen LogP) is 3.29. The second-order valence-corrected chi connectivity index (χ2v) is 4.45. The highest BCUT2D eigenvalue weighted by Gasteiger charge is 2.08. The number of fused-ring (bicyclic) bond motifs is 1. The van der Waals surface area contributed by atoms with Crippen molar-refractivity contribution in [1.29, 1.82) is 5.26 Å². The number of hydrogen-bond donors (Lipinski definition) is 2. The van der Waals surface area contributed by atoms with E-state index in [-0.39, 0.29) is 0 Å². The first kappa shape index (κ1) is 12.9. The summed E-state index contributed by atoms with van der Waals surface area (Å²) in [6.07, 6.45) is 0. The minimum Gasteiger partial charge on any atom is -0.357 e. The summed E-state index contributed by atoms with van der Waals surface area (Å²) in [5, 5.41) is 16.3. The summed E-state index contributed by atoms with van der Waals surface area (Å²) in [4.78, 5) is 8.86. The number of hydrogen-bond acceptors (Lipinski definition) is 5. The molecule has 1 aromatic heterocycles. The fourth-order valence-corrected chi connectivity index (χ4v) is 2.10. The average Bonchev–Trinajstić information content (AvgIpc) is 2.55. The molecule has 2 aromatic carbocycles. The van der Waals surface area contributed by atoms with E-state index in [9.17, 15) is 5.26 Å². The van der Waals surface area contributed by atoms with Crippen molar-refractivity contribution in [2.24, 2.45) is 0 Å². The highest BCUT2D eigenvalue weighted by atomic mass is 15.1. The zero-order valence-electron chi connectivity index (χ0n) is 11.5. The summed E-state index contributed by atoms with van der Waals surface area (Å²) in [6, 6.07) is 17.3. The van der Waals surface area contributed by atoms with Gasteiger partial charge in [-0.25, -0.2) is 4.98 Å². The average molecular weight is 275 g/mol. The molecule has 0 bridgehead atoms. The van der Waals surface area contributed by atoms with Crippen molar-refractivity contribution in [3.63, 3.8) is 0 Å². The van der Waals surface area contributed by atoms with Crippen LogP contribution in [0.1, 0.15) is 5.56 Å². The Balaban J connectivity index is 2.14. The highest BCUT2D eigenvalue weighted by Crippen LogP contribution is 2.26. The van der Waals surface area contributed by atoms with Gasteiger partial charge in [-0.2, -0.15) is 10.2 Å². The molecule has 0 saturated heterocycles. The first-order valence-electron chi connectivity index (χ1n) is 6.52. The summed E-state index contributed by atoms with van der Waals surface area (Å²) >= 11 is 0.